The maximum absolute atomic E-state index is 10.6. The summed E-state index contributed by atoms with van der Waals surface area (Å²) in [5.41, 5.74) is 6.46. The summed E-state index contributed by atoms with van der Waals surface area (Å²) in [5.74, 6) is -0.0174. The van der Waals surface area contributed by atoms with Crippen molar-refractivity contribution in [2.24, 2.45) is 5.73 Å². The van der Waals surface area contributed by atoms with Crippen LogP contribution in [0.3, 0.4) is 0 Å². The Morgan fingerprint density at radius 2 is 1.91 bits per heavy atom. The second-order valence-corrected chi connectivity index (χ2v) is 2.51. The van der Waals surface area contributed by atoms with Crippen LogP contribution in [0, 0.1) is 0 Å². The van der Waals surface area contributed by atoms with Gasteiger partial charge in [-0.1, -0.05) is 30.3 Å². The fourth-order valence-corrected chi connectivity index (χ4v) is 1.03. The van der Waals surface area contributed by atoms with Gasteiger partial charge < -0.3 is 5.73 Å². The quantitative estimate of drug-likeness (QED) is 0.690. The summed E-state index contributed by atoms with van der Waals surface area (Å²) in [5, 5.41) is 10.6. The third-order valence-corrected chi connectivity index (χ3v) is 1.76. The van der Waals surface area contributed by atoms with E-state index in [0.29, 0.717) is 6.54 Å². The molecule has 0 aliphatic rings. The molecule has 1 atom stereocenters. The van der Waals surface area contributed by atoms with Crippen LogP contribution in [0.1, 0.15) is 11.5 Å². The average Bonchev–Trinajstić information content (AvgIpc) is 2.09. The summed E-state index contributed by atoms with van der Waals surface area (Å²) in [6.45, 7) is 0.314. The first kappa shape index (κ1) is 8.24. The van der Waals surface area contributed by atoms with Crippen molar-refractivity contribution in [3.8, 4) is 0 Å². The van der Waals surface area contributed by atoms with Crippen molar-refractivity contribution in [3.63, 3.8) is 0 Å². The molecular weight excluding hydrogens is 138 g/mol. The van der Waals surface area contributed by atoms with Gasteiger partial charge in [0.05, 0.1) is 6.61 Å². The smallest absolute Gasteiger partial charge is 0.0902 e. The Morgan fingerprint density at radius 1 is 1.27 bits per heavy atom. The highest BCUT2D eigenvalue weighted by molar-refractivity contribution is 5.19. The van der Waals surface area contributed by atoms with E-state index in [9.17, 15) is 5.11 Å². The van der Waals surface area contributed by atoms with Crippen molar-refractivity contribution in [2.45, 2.75) is 5.92 Å². The number of rotatable bonds is 3. The minimum Gasteiger partial charge on any atom is -0.330 e. The van der Waals surface area contributed by atoms with E-state index in [1.165, 1.54) is 0 Å². The Kier molecular flexibility index (Phi) is 3.08. The Balaban J connectivity index is 2.74. The summed E-state index contributed by atoms with van der Waals surface area (Å²) in [6.07, 6.45) is 0. The highest BCUT2D eigenvalue weighted by Gasteiger charge is 2.06. The molecule has 0 bridgehead atoms. The van der Waals surface area contributed by atoms with E-state index in [-0.39, 0.29) is 12.5 Å². The van der Waals surface area contributed by atoms with Crippen LogP contribution in [0.25, 0.3) is 0 Å². The van der Waals surface area contributed by atoms with E-state index in [1.54, 1.807) is 0 Å². The third kappa shape index (κ3) is 2.03. The maximum Gasteiger partial charge on any atom is 0.0902 e. The topological polar surface area (TPSA) is 45.9 Å². The lowest BCUT2D eigenvalue weighted by Crippen LogP contribution is -2.15. The SMILES string of the molecule is NCC(C[O])c1ccccc1. The summed E-state index contributed by atoms with van der Waals surface area (Å²) < 4.78 is 0. The molecular formula is C9H12NO. The van der Waals surface area contributed by atoms with E-state index in [1.807, 2.05) is 30.3 Å². The molecule has 11 heavy (non-hydrogen) atoms. The zero-order chi connectivity index (χ0) is 8.10. The van der Waals surface area contributed by atoms with Crippen LogP contribution in [0.15, 0.2) is 30.3 Å². The summed E-state index contributed by atoms with van der Waals surface area (Å²) in [7, 11) is 0. The molecule has 0 heterocycles. The lowest BCUT2D eigenvalue weighted by molar-refractivity contribution is 0.174. The molecule has 1 aromatic rings. The normalized spacial score (nSPS) is 12.9. The molecule has 2 heteroatoms. The minimum atomic E-state index is -0.124. The fourth-order valence-electron chi connectivity index (χ4n) is 1.03. The third-order valence-electron chi connectivity index (χ3n) is 1.76. The Hall–Kier alpha value is -0.860. The zero-order valence-electron chi connectivity index (χ0n) is 6.36. The second-order valence-electron chi connectivity index (χ2n) is 2.51. The van der Waals surface area contributed by atoms with Crippen molar-refractivity contribution in [3.05, 3.63) is 35.9 Å². The molecule has 0 saturated carbocycles. The molecule has 0 saturated heterocycles. The fraction of sp³-hybridized carbons (Fsp3) is 0.333. The highest BCUT2D eigenvalue weighted by atomic mass is 16.3. The predicted octanol–water partition coefficient (Wildman–Crippen LogP) is 1.16. The van der Waals surface area contributed by atoms with E-state index in [2.05, 4.69) is 0 Å². The summed E-state index contributed by atoms with van der Waals surface area (Å²) >= 11 is 0. The van der Waals surface area contributed by atoms with Gasteiger partial charge in [-0.3, -0.25) is 0 Å². The van der Waals surface area contributed by atoms with E-state index in [4.69, 9.17) is 5.73 Å². The molecule has 1 rings (SSSR count). The van der Waals surface area contributed by atoms with Gasteiger partial charge in [-0.25, -0.2) is 5.11 Å². The summed E-state index contributed by atoms with van der Waals surface area (Å²) in [6, 6.07) is 9.66. The monoisotopic (exact) mass is 150 g/mol. The van der Waals surface area contributed by atoms with Crippen LogP contribution in [-0.2, 0) is 5.11 Å². The van der Waals surface area contributed by atoms with Gasteiger partial charge in [0.2, 0.25) is 0 Å². The molecule has 0 aromatic heterocycles. The van der Waals surface area contributed by atoms with Gasteiger partial charge in [0.15, 0.2) is 0 Å². The second kappa shape index (κ2) is 4.11. The Bertz CT molecular complexity index is 194. The molecule has 1 aromatic carbocycles. The molecule has 1 radical (unpaired) electrons. The predicted molar refractivity (Wildman–Crippen MR) is 43.8 cm³/mol. The molecule has 0 aliphatic heterocycles. The molecule has 1 unspecified atom stereocenters. The van der Waals surface area contributed by atoms with E-state index < -0.39 is 0 Å². The minimum absolute atomic E-state index is 0.0174. The largest absolute Gasteiger partial charge is 0.330 e. The summed E-state index contributed by atoms with van der Waals surface area (Å²) in [4.78, 5) is 0. The molecule has 59 valence electrons. The van der Waals surface area contributed by atoms with Gasteiger partial charge in [-0.2, -0.15) is 0 Å². The van der Waals surface area contributed by atoms with Gasteiger partial charge in [-0.15, -0.1) is 0 Å². The standard InChI is InChI=1S/C9H12NO/c10-6-9(7-11)8-4-2-1-3-5-8/h1-5,9H,6-7,10H2. The van der Waals surface area contributed by atoms with Crippen LogP contribution in [0.2, 0.25) is 0 Å². The molecule has 2 nitrogen and oxygen atoms in total. The van der Waals surface area contributed by atoms with Crippen LogP contribution in [0.4, 0.5) is 0 Å². The van der Waals surface area contributed by atoms with Gasteiger partial charge in [0, 0.05) is 12.5 Å². The maximum atomic E-state index is 10.6. The van der Waals surface area contributed by atoms with Gasteiger partial charge in [0.1, 0.15) is 0 Å². The highest BCUT2D eigenvalue weighted by Crippen LogP contribution is 2.12. The van der Waals surface area contributed by atoms with E-state index in [0.717, 1.165) is 5.56 Å². The van der Waals surface area contributed by atoms with Crippen molar-refractivity contribution < 1.29 is 5.11 Å². The Morgan fingerprint density at radius 3 is 2.36 bits per heavy atom. The van der Waals surface area contributed by atoms with E-state index >= 15 is 0 Å². The van der Waals surface area contributed by atoms with Crippen LogP contribution in [-0.4, -0.2) is 13.2 Å². The van der Waals surface area contributed by atoms with Gasteiger partial charge in [0.25, 0.3) is 0 Å². The lowest BCUT2D eigenvalue weighted by Gasteiger charge is -2.09. The van der Waals surface area contributed by atoms with Crippen molar-refractivity contribution >= 4 is 0 Å². The molecule has 0 fully saturated rings. The first-order valence-electron chi connectivity index (χ1n) is 3.71. The van der Waals surface area contributed by atoms with Gasteiger partial charge in [-0.05, 0) is 5.56 Å². The van der Waals surface area contributed by atoms with Crippen molar-refractivity contribution in [2.75, 3.05) is 13.2 Å². The van der Waals surface area contributed by atoms with Crippen LogP contribution < -0.4 is 5.73 Å². The number of hydrogen-bond donors (Lipinski definition) is 1. The molecule has 0 aliphatic carbocycles. The first-order valence-corrected chi connectivity index (χ1v) is 3.71. The van der Waals surface area contributed by atoms with Crippen LogP contribution in [0.5, 0.6) is 0 Å². The molecule has 2 N–H and O–H groups in total. The number of benzene rings is 1. The zero-order valence-corrected chi connectivity index (χ0v) is 6.36. The number of nitrogens with two attached hydrogens (primary N) is 1. The molecule has 0 spiro atoms. The van der Waals surface area contributed by atoms with Crippen LogP contribution >= 0.6 is 0 Å². The Labute approximate surface area is 66.7 Å². The van der Waals surface area contributed by atoms with Crippen molar-refractivity contribution in [1.29, 1.82) is 0 Å². The number of hydrogen-bond acceptors (Lipinski definition) is 1. The lowest BCUT2D eigenvalue weighted by atomic mass is 10.0. The van der Waals surface area contributed by atoms with Crippen molar-refractivity contribution in [1.82, 2.24) is 0 Å². The first-order chi connectivity index (χ1) is 5.38. The average molecular weight is 150 g/mol. The van der Waals surface area contributed by atoms with Gasteiger partial charge >= 0.3 is 0 Å². The molecule has 0 amide bonds.